The van der Waals surface area contributed by atoms with Crippen LogP contribution in [-0.4, -0.2) is 0 Å². The molecular weight excluding hydrogens is 653 g/mol. The fourth-order valence-corrected chi connectivity index (χ4v) is 7.10. The number of hydrogen-bond acceptors (Lipinski definition) is 2. The fraction of sp³-hybridized carbons (Fsp3) is 0.0769. The predicted molar refractivity (Wildman–Crippen MR) is 233 cm³/mol. The van der Waals surface area contributed by atoms with Crippen molar-refractivity contribution in [1.29, 1.82) is 0 Å². The van der Waals surface area contributed by atoms with E-state index in [1.54, 1.807) is 0 Å². The summed E-state index contributed by atoms with van der Waals surface area (Å²) in [6.45, 7) is 8.52. The Morgan fingerprint density at radius 1 is 0.315 bits per heavy atom. The lowest BCUT2D eigenvalue weighted by molar-refractivity contribution is 1.27. The van der Waals surface area contributed by atoms with Gasteiger partial charge in [0.15, 0.2) is 0 Å². The first kappa shape index (κ1) is 34.4. The van der Waals surface area contributed by atoms with Crippen molar-refractivity contribution >= 4 is 57.0 Å². The number of nitrogens with zero attached hydrogens (tertiary/aromatic N) is 2. The van der Waals surface area contributed by atoms with Crippen LogP contribution in [0.1, 0.15) is 33.4 Å². The molecule has 0 radical (unpaired) electrons. The Kier molecular flexibility index (Phi) is 9.66. The van der Waals surface area contributed by atoms with Gasteiger partial charge in [0, 0.05) is 34.1 Å². The highest BCUT2D eigenvalue weighted by Gasteiger charge is 2.15. The van der Waals surface area contributed by atoms with E-state index in [1.807, 2.05) is 0 Å². The highest BCUT2D eigenvalue weighted by atomic mass is 15.1. The van der Waals surface area contributed by atoms with Crippen molar-refractivity contribution in [1.82, 2.24) is 0 Å². The molecule has 0 aliphatic carbocycles. The maximum Gasteiger partial charge on any atom is 0.0462 e. The van der Waals surface area contributed by atoms with E-state index >= 15 is 0 Å². The largest absolute Gasteiger partial charge is 0.311 e. The quantitative estimate of drug-likeness (QED) is 0.139. The normalized spacial score (nSPS) is 11.3. The Labute approximate surface area is 319 Å². The Hall–Kier alpha value is -6.64. The molecule has 0 unspecified atom stereocenters. The summed E-state index contributed by atoms with van der Waals surface area (Å²) in [5.74, 6) is 0. The third kappa shape index (κ3) is 7.33. The number of hydrogen-bond donors (Lipinski definition) is 0. The molecule has 0 saturated heterocycles. The van der Waals surface area contributed by atoms with Gasteiger partial charge in [0.1, 0.15) is 0 Å². The van der Waals surface area contributed by atoms with E-state index in [0.29, 0.717) is 0 Å². The molecule has 0 aliphatic heterocycles. The summed E-state index contributed by atoms with van der Waals surface area (Å²) in [5.41, 5.74) is 16.6. The van der Waals surface area contributed by atoms with Crippen molar-refractivity contribution in [3.8, 4) is 11.1 Å². The van der Waals surface area contributed by atoms with E-state index in [-0.39, 0.29) is 0 Å². The maximum atomic E-state index is 2.32. The molecule has 0 fully saturated rings. The van der Waals surface area contributed by atoms with E-state index in [0.717, 1.165) is 39.7 Å². The van der Waals surface area contributed by atoms with Gasteiger partial charge in [0.2, 0.25) is 0 Å². The number of rotatable bonds is 9. The Morgan fingerprint density at radius 2 is 0.667 bits per heavy atom. The molecule has 0 N–H and O–H groups in total. The van der Waals surface area contributed by atoms with E-state index in [4.69, 9.17) is 0 Å². The summed E-state index contributed by atoms with van der Waals surface area (Å²) in [5, 5.41) is 2.47. The molecular formula is C52H44N2. The topological polar surface area (TPSA) is 6.48 Å². The van der Waals surface area contributed by atoms with Crippen LogP contribution in [0.25, 0.3) is 34.1 Å². The summed E-state index contributed by atoms with van der Waals surface area (Å²) in [6.07, 6.45) is 4.45. The zero-order valence-electron chi connectivity index (χ0n) is 31.4. The molecule has 8 aromatic carbocycles. The minimum Gasteiger partial charge on any atom is -0.311 e. The zero-order valence-corrected chi connectivity index (χ0v) is 31.4. The van der Waals surface area contributed by atoms with Gasteiger partial charge in [-0.25, -0.2) is 0 Å². The number of aryl methyl sites for hydroxylation is 4. The van der Waals surface area contributed by atoms with E-state index in [2.05, 4.69) is 232 Å². The second-order valence-electron chi connectivity index (χ2n) is 14.2. The van der Waals surface area contributed by atoms with Crippen molar-refractivity contribution in [2.75, 3.05) is 9.80 Å². The monoisotopic (exact) mass is 696 g/mol. The SMILES string of the molecule is Cc1ccc(N(c2ccc(C)cc2)c2ccc(C=Cc3ccc(-c4ccc(N(c5ccc(C)cc5)c5ccc(C)cc5)cc4)c4ccccc34)cc2)cc1. The van der Waals surface area contributed by atoms with Crippen LogP contribution in [0.3, 0.4) is 0 Å². The van der Waals surface area contributed by atoms with Crippen LogP contribution in [0.5, 0.6) is 0 Å². The molecule has 0 saturated carbocycles. The van der Waals surface area contributed by atoms with Crippen molar-refractivity contribution in [2.45, 2.75) is 27.7 Å². The van der Waals surface area contributed by atoms with Gasteiger partial charge in [0.05, 0.1) is 0 Å². The first-order chi connectivity index (χ1) is 26.4. The Morgan fingerprint density at radius 3 is 1.07 bits per heavy atom. The molecule has 2 heteroatoms. The highest BCUT2D eigenvalue weighted by Crippen LogP contribution is 2.38. The molecule has 0 atom stereocenters. The summed E-state index contributed by atoms with van der Waals surface area (Å²) in [4.78, 5) is 4.64. The molecule has 0 spiro atoms. The Balaban J connectivity index is 1.07. The van der Waals surface area contributed by atoms with Crippen molar-refractivity contribution in [3.63, 3.8) is 0 Å². The van der Waals surface area contributed by atoms with Gasteiger partial charge in [-0.05, 0) is 134 Å². The van der Waals surface area contributed by atoms with Crippen molar-refractivity contribution in [3.05, 3.63) is 215 Å². The maximum absolute atomic E-state index is 2.32. The van der Waals surface area contributed by atoms with Crippen molar-refractivity contribution < 1.29 is 0 Å². The minimum absolute atomic E-state index is 1.13. The first-order valence-electron chi connectivity index (χ1n) is 18.7. The van der Waals surface area contributed by atoms with Gasteiger partial charge in [-0.15, -0.1) is 0 Å². The van der Waals surface area contributed by atoms with E-state index in [9.17, 15) is 0 Å². The summed E-state index contributed by atoms with van der Waals surface area (Å²) in [7, 11) is 0. The smallest absolute Gasteiger partial charge is 0.0462 e. The third-order valence-corrected chi connectivity index (χ3v) is 10.2. The molecule has 0 amide bonds. The van der Waals surface area contributed by atoms with Crippen LogP contribution in [0.15, 0.2) is 182 Å². The van der Waals surface area contributed by atoms with Gasteiger partial charge in [-0.3, -0.25) is 0 Å². The van der Waals surface area contributed by atoms with Gasteiger partial charge < -0.3 is 9.80 Å². The molecule has 8 rings (SSSR count). The van der Waals surface area contributed by atoms with E-state index in [1.165, 1.54) is 49.7 Å². The standard InChI is InChI=1S/C52H44N2/c1-37-9-24-44(25-10-37)53(45-26-11-38(2)12-27-45)48-32-18-41(19-33-48)17-20-42-23-36-51(52-8-6-5-7-50(42)52)43-21-34-49(35-22-43)54(46-28-13-39(3)14-29-46)47-30-15-40(4)16-31-47/h5-36H,1-4H3. The van der Waals surface area contributed by atoms with Crippen LogP contribution in [-0.2, 0) is 0 Å². The molecule has 54 heavy (non-hydrogen) atoms. The second-order valence-corrected chi connectivity index (χ2v) is 14.2. The number of anilines is 6. The number of fused-ring (bicyclic) bond motifs is 1. The summed E-state index contributed by atoms with van der Waals surface area (Å²) < 4.78 is 0. The van der Waals surface area contributed by atoms with Crippen LogP contribution >= 0.6 is 0 Å². The van der Waals surface area contributed by atoms with Gasteiger partial charge in [-0.2, -0.15) is 0 Å². The molecule has 8 aromatic rings. The summed E-state index contributed by atoms with van der Waals surface area (Å²) >= 11 is 0. The predicted octanol–water partition coefficient (Wildman–Crippen LogP) is 14.9. The van der Waals surface area contributed by atoms with Gasteiger partial charge in [-0.1, -0.05) is 144 Å². The van der Waals surface area contributed by atoms with Gasteiger partial charge >= 0.3 is 0 Å². The molecule has 0 aliphatic rings. The third-order valence-electron chi connectivity index (χ3n) is 10.2. The minimum atomic E-state index is 1.13. The lowest BCUT2D eigenvalue weighted by Crippen LogP contribution is -2.09. The first-order valence-corrected chi connectivity index (χ1v) is 18.7. The van der Waals surface area contributed by atoms with E-state index < -0.39 is 0 Å². The average molecular weight is 697 g/mol. The van der Waals surface area contributed by atoms with Gasteiger partial charge in [0.25, 0.3) is 0 Å². The summed E-state index contributed by atoms with van der Waals surface area (Å²) in [6, 6.07) is 66.0. The Bertz CT molecular complexity index is 2440. The molecule has 262 valence electrons. The van der Waals surface area contributed by atoms with Crippen molar-refractivity contribution in [2.24, 2.45) is 0 Å². The van der Waals surface area contributed by atoms with Crippen LogP contribution < -0.4 is 9.80 Å². The molecule has 0 bridgehead atoms. The number of benzene rings is 8. The van der Waals surface area contributed by atoms with Crippen LogP contribution in [0.2, 0.25) is 0 Å². The fourth-order valence-electron chi connectivity index (χ4n) is 7.10. The van der Waals surface area contributed by atoms with Crippen LogP contribution in [0, 0.1) is 27.7 Å². The lowest BCUT2D eigenvalue weighted by Gasteiger charge is -2.26. The second kappa shape index (κ2) is 15.1. The molecule has 2 nitrogen and oxygen atoms in total. The average Bonchev–Trinajstić information content (AvgIpc) is 3.21. The zero-order chi connectivity index (χ0) is 37.0. The van der Waals surface area contributed by atoms with Crippen LogP contribution in [0.4, 0.5) is 34.1 Å². The lowest BCUT2D eigenvalue weighted by atomic mass is 9.94. The molecule has 0 aromatic heterocycles. The molecule has 0 heterocycles. The highest BCUT2D eigenvalue weighted by molar-refractivity contribution is 6.02.